The Hall–Kier alpha value is -2.04. The molecule has 0 aromatic heterocycles. The highest BCUT2D eigenvalue weighted by Crippen LogP contribution is 2.33. The largest absolute Gasteiger partial charge is 0.478 e. The van der Waals surface area contributed by atoms with E-state index in [9.17, 15) is 4.79 Å². The number of unbranched alkanes of at least 4 members (excludes halogenated alkanes) is 3. The summed E-state index contributed by atoms with van der Waals surface area (Å²) in [5.41, 5.74) is 2.05. The topological polar surface area (TPSA) is 41.6 Å². The third-order valence-electron chi connectivity index (χ3n) is 5.17. The minimum atomic E-state index is -0.482. The number of benzene rings is 2. The summed E-state index contributed by atoms with van der Waals surface area (Å²) in [6.07, 6.45) is 4.40. The third-order valence-corrected chi connectivity index (χ3v) is 5.43. The number of hydrogen-bond acceptors (Lipinski definition) is 3. The van der Waals surface area contributed by atoms with Crippen LogP contribution in [0.3, 0.4) is 0 Å². The van der Waals surface area contributed by atoms with Crippen molar-refractivity contribution in [2.75, 3.05) is 18.0 Å². The Kier molecular flexibility index (Phi) is 7.35. The first-order valence-corrected chi connectivity index (χ1v) is 10.5. The minimum Gasteiger partial charge on any atom is -0.478 e. The van der Waals surface area contributed by atoms with Crippen LogP contribution in [0.25, 0.3) is 0 Å². The highest BCUT2D eigenvalue weighted by atomic mass is 35.5. The van der Waals surface area contributed by atoms with Crippen LogP contribution in [0, 0.1) is 6.92 Å². The Labute approximate surface area is 172 Å². The molecule has 0 aliphatic carbocycles. The number of β-lactam (4-membered cyclic amide) rings is 1. The van der Waals surface area contributed by atoms with Crippen LogP contribution in [0.4, 0.5) is 5.69 Å². The van der Waals surface area contributed by atoms with Gasteiger partial charge in [0.25, 0.3) is 5.91 Å². The molecule has 4 nitrogen and oxygen atoms in total. The van der Waals surface area contributed by atoms with E-state index in [2.05, 4.69) is 12.2 Å². The molecule has 28 heavy (non-hydrogen) atoms. The summed E-state index contributed by atoms with van der Waals surface area (Å²) in [5.74, 6) is 0.669. The predicted octanol–water partition coefficient (Wildman–Crippen LogP) is 4.98. The second kappa shape index (κ2) is 9.94. The Morgan fingerprint density at radius 2 is 1.82 bits per heavy atom. The Morgan fingerprint density at radius 1 is 1.07 bits per heavy atom. The molecule has 0 spiro atoms. The summed E-state index contributed by atoms with van der Waals surface area (Å²) in [4.78, 5) is 14.8. The third kappa shape index (κ3) is 4.86. The van der Waals surface area contributed by atoms with E-state index in [1.807, 2.05) is 36.1 Å². The van der Waals surface area contributed by atoms with Crippen LogP contribution in [0.2, 0.25) is 5.02 Å². The molecule has 0 bridgehead atoms. The van der Waals surface area contributed by atoms with E-state index in [4.69, 9.17) is 16.3 Å². The molecule has 1 saturated heterocycles. The lowest BCUT2D eigenvalue weighted by atomic mass is 9.95. The number of aryl methyl sites for hydroxylation is 1. The van der Waals surface area contributed by atoms with Crippen LogP contribution >= 0.6 is 11.6 Å². The number of nitrogens with zero attached hydrogens (tertiary/aromatic N) is 1. The molecule has 5 heteroatoms. The molecular weight excluding hydrogens is 372 g/mol. The molecule has 1 amide bonds. The van der Waals surface area contributed by atoms with Gasteiger partial charge in [-0.05, 0) is 55.8 Å². The number of halogens is 1. The SMILES string of the molecule is CCCCCCNC[C@H]1[C@@H](Oc2ccc(Cl)cc2)C(=O)N1c1ccccc1C. The van der Waals surface area contributed by atoms with Crippen molar-refractivity contribution in [3.63, 3.8) is 0 Å². The molecule has 1 fully saturated rings. The first kappa shape index (κ1) is 20.7. The average molecular weight is 401 g/mol. The van der Waals surface area contributed by atoms with Crippen molar-refractivity contribution in [3.05, 3.63) is 59.1 Å². The fourth-order valence-corrected chi connectivity index (χ4v) is 3.69. The number of rotatable bonds is 10. The number of carbonyl (C=O) groups is 1. The van der Waals surface area contributed by atoms with Crippen molar-refractivity contribution in [3.8, 4) is 5.75 Å². The van der Waals surface area contributed by atoms with Gasteiger partial charge in [0, 0.05) is 17.3 Å². The first-order chi connectivity index (χ1) is 13.6. The second-order valence-electron chi connectivity index (χ2n) is 7.32. The number of ether oxygens (including phenoxy) is 1. The molecule has 1 aliphatic heterocycles. The van der Waals surface area contributed by atoms with Gasteiger partial charge >= 0.3 is 0 Å². The van der Waals surface area contributed by atoms with E-state index >= 15 is 0 Å². The van der Waals surface area contributed by atoms with Crippen LogP contribution in [-0.4, -0.2) is 31.1 Å². The molecule has 2 atom stereocenters. The summed E-state index contributed by atoms with van der Waals surface area (Å²) >= 11 is 5.95. The molecule has 2 aromatic carbocycles. The van der Waals surface area contributed by atoms with Crippen LogP contribution in [-0.2, 0) is 4.79 Å². The maximum atomic E-state index is 12.9. The lowest BCUT2D eigenvalue weighted by molar-refractivity contribution is -0.134. The normalized spacial score (nSPS) is 18.8. The molecule has 1 aliphatic rings. The number of hydrogen-bond donors (Lipinski definition) is 1. The highest BCUT2D eigenvalue weighted by molar-refractivity contribution is 6.30. The summed E-state index contributed by atoms with van der Waals surface area (Å²) in [6.45, 7) is 5.92. The van der Waals surface area contributed by atoms with Crippen molar-refractivity contribution in [1.29, 1.82) is 0 Å². The molecular formula is C23H29ClN2O2. The number of carbonyl (C=O) groups excluding carboxylic acids is 1. The van der Waals surface area contributed by atoms with E-state index in [0.717, 1.165) is 24.2 Å². The highest BCUT2D eigenvalue weighted by Gasteiger charge is 2.50. The molecule has 0 unspecified atom stereocenters. The van der Waals surface area contributed by atoms with Gasteiger partial charge in [-0.15, -0.1) is 0 Å². The van der Waals surface area contributed by atoms with Gasteiger partial charge in [-0.3, -0.25) is 4.79 Å². The smallest absolute Gasteiger partial charge is 0.270 e. The molecule has 0 saturated carbocycles. The van der Waals surface area contributed by atoms with Crippen molar-refractivity contribution in [2.24, 2.45) is 0 Å². The number of anilines is 1. The van der Waals surface area contributed by atoms with Gasteiger partial charge in [0.05, 0.1) is 6.04 Å². The maximum Gasteiger partial charge on any atom is 0.270 e. The minimum absolute atomic E-state index is 0.00188. The van der Waals surface area contributed by atoms with E-state index in [1.54, 1.807) is 24.3 Å². The molecule has 1 N–H and O–H groups in total. The second-order valence-corrected chi connectivity index (χ2v) is 7.76. The van der Waals surface area contributed by atoms with Crippen LogP contribution in [0.5, 0.6) is 5.75 Å². The molecule has 1 heterocycles. The van der Waals surface area contributed by atoms with E-state index < -0.39 is 6.10 Å². The van der Waals surface area contributed by atoms with Crippen LogP contribution in [0.15, 0.2) is 48.5 Å². The lowest BCUT2D eigenvalue weighted by Gasteiger charge is -2.47. The Morgan fingerprint density at radius 3 is 2.54 bits per heavy atom. The zero-order valence-corrected chi connectivity index (χ0v) is 17.4. The standard InChI is InChI=1S/C23H29ClN2O2/c1-3-4-5-8-15-25-16-21-22(28-19-13-11-18(24)12-14-19)23(27)26(21)20-10-7-6-9-17(20)2/h6-7,9-14,21-22,25H,3-5,8,15-16H2,1-2H3/t21-,22+/m0/s1. The van der Waals surface area contributed by atoms with Crippen LogP contribution in [0.1, 0.15) is 38.2 Å². The van der Waals surface area contributed by atoms with Crippen LogP contribution < -0.4 is 15.0 Å². The zero-order valence-electron chi connectivity index (χ0n) is 16.7. The zero-order chi connectivity index (χ0) is 19.9. The first-order valence-electron chi connectivity index (χ1n) is 10.1. The maximum absolute atomic E-state index is 12.9. The van der Waals surface area contributed by atoms with Gasteiger partial charge in [-0.1, -0.05) is 56.0 Å². The van der Waals surface area contributed by atoms with Gasteiger partial charge in [-0.25, -0.2) is 0 Å². The number of amides is 1. The van der Waals surface area contributed by atoms with Crippen molar-refractivity contribution >= 4 is 23.2 Å². The molecule has 150 valence electrons. The summed E-state index contributed by atoms with van der Waals surface area (Å²) < 4.78 is 6.03. The van der Waals surface area contributed by atoms with Crippen molar-refractivity contribution in [1.82, 2.24) is 5.32 Å². The summed E-state index contributed by atoms with van der Waals surface area (Å²) in [7, 11) is 0. The molecule has 0 radical (unpaired) electrons. The van der Waals surface area contributed by atoms with Gasteiger partial charge in [0.1, 0.15) is 5.75 Å². The molecule has 3 rings (SSSR count). The number of nitrogens with one attached hydrogen (secondary N) is 1. The lowest BCUT2D eigenvalue weighted by Crippen LogP contribution is -2.70. The predicted molar refractivity (Wildman–Crippen MR) is 115 cm³/mol. The fraction of sp³-hybridized carbons (Fsp3) is 0.435. The van der Waals surface area contributed by atoms with Gasteiger partial charge in [0.15, 0.2) is 6.10 Å². The average Bonchev–Trinajstić information content (AvgIpc) is 2.70. The van der Waals surface area contributed by atoms with Gasteiger partial charge in [0.2, 0.25) is 0 Å². The van der Waals surface area contributed by atoms with Gasteiger partial charge < -0.3 is 15.0 Å². The van der Waals surface area contributed by atoms with E-state index in [-0.39, 0.29) is 11.9 Å². The fourth-order valence-electron chi connectivity index (χ4n) is 3.56. The van der Waals surface area contributed by atoms with Crippen molar-refractivity contribution in [2.45, 2.75) is 51.7 Å². The van der Waals surface area contributed by atoms with Gasteiger partial charge in [-0.2, -0.15) is 0 Å². The summed E-state index contributed by atoms with van der Waals surface area (Å²) in [5, 5.41) is 4.17. The van der Waals surface area contributed by atoms with E-state index in [0.29, 0.717) is 17.3 Å². The monoisotopic (exact) mass is 400 g/mol. The Balaban J connectivity index is 1.68. The van der Waals surface area contributed by atoms with E-state index in [1.165, 1.54) is 19.3 Å². The number of para-hydroxylation sites is 1. The Bertz CT molecular complexity index is 778. The molecule has 2 aromatic rings. The summed E-state index contributed by atoms with van der Waals surface area (Å²) in [6, 6.07) is 15.1. The quantitative estimate of drug-likeness (QED) is 0.451. The van der Waals surface area contributed by atoms with Crippen molar-refractivity contribution < 1.29 is 9.53 Å².